The van der Waals surface area contributed by atoms with Gasteiger partial charge in [0.25, 0.3) is 0 Å². The number of aromatic hydroxyl groups is 1. The summed E-state index contributed by atoms with van der Waals surface area (Å²) in [7, 11) is 2.86. The molecule has 0 spiro atoms. The van der Waals surface area contributed by atoms with Crippen molar-refractivity contribution in [3.63, 3.8) is 0 Å². The minimum Gasteiger partial charge on any atom is -0.502 e. The first-order chi connectivity index (χ1) is 12.0. The van der Waals surface area contributed by atoms with Gasteiger partial charge in [0.05, 0.1) is 20.3 Å². The minimum atomic E-state index is -0.771. The lowest BCUT2D eigenvalue weighted by molar-refractivity contribution is -0.116. The normalized spacial score (nSPS) is 12.0. The van der Waals surface area contributed by atoms with Crippen LogP contribution in [0.5, 0.6) is 17.2 Å². The summed E-state index contributed by atoms with van der Waals surface area (Å²) in [6.07, 6.45) is 2.13. The maximum atomic E-state index is 11.9. The highest BCUT2D eigenvalue weighted by atomic mass is 16.5. The molecule has 0 aliphatic heterocycles. The van der Waals surface area contributed by atoms with Gasteiger partial charge in [0, 0.05) is 12.6 Å². The Morgan fingerprint density at radius 2 is 1.76 bits per heavy atom. The van der Waals surface area contributed by atoms with E-state index in [4.69, 9.17) is 9.47 Å². The van der Waals surface area contributed by atoms with Gasteiger partial charge >= 0.3 is 0 Å². The van der Waals surface area contributed by atoms with Crippen LogP contribution >= 0.6 is 0 Å². The van der Waals surface area contributed by atoms with E-state index in [-0.39, 0.29) is 29.7 Å². The Hall–Kier alpha value is -2.99. The number of aliphatic hydroxyl groups is 1. The molecule has 0 fully saturated rings. The molecule has 3 N–H and O–H groups in total. The molecule has 132 valence electrons. The summed E-state index contributed by atoms with van der Waals surface area (Å²) in [6.45, 7) is 0.107. The molecular formula is C19H21NO5. The SMILES string of the molecule is COc1cc(/C=C/C(=O)NC[C@@H](O)c2ccccc2)cc(OC)c1O. The monoisotopic (exact) mass is 343 g/mol. The van der Waals surface area contributed by atoms with Gasteiger partial charge in [-0.15, -0.1) is 0 Å². The van der Waals surface area contributed by atoms with E-state index in [1.54, 1.807) is 30.3 Å². The second kappa shape index (κ2) is 8.75. The zero-order chi connectivity index (χ0) is 18.2. The first kappa shape index (κ1) is 18.4. The smallest absolute Gasteiger partial charge is 0.244 e. The number of phenolic OH excluding ortho intramolecular Hbond substituents is 1. The zero-order valence-corrected chi connectivity index (χ0v) is 14.1. The highest BCUT2D eigenvalue weighted by Gasteiger charge is 2.10. The number of phenols is 1. The molecule has 0 unspecified atom stereocenters. The Morgan fingerprint density at radius 1 is 1.16 bits per heavy atom. The molecule has 1 atom stereocenters. The lowest BCUT2D eigenvalue weighted by Gasteiger charge is -2.11. The van der Waals surface area contributed by atoms with Gasteiger partial charge in [-0.1, -0.05) is 30.3 Å². The summed E-state index contributed by atoms with van der Waals surface area (Å²) >= 11 is 0. The van der Waals surface area contributed by atoms with Crippen molar-refractivity contribution in [2.75, 3.05) is 20.8 Å². The Bertz CT molecular complexity index is 718. The third kappa shape index (κ3) is 4.99. The van der Waals surface area contributed by atoms with Gasteiger partial charge in [-0.05, 0) is 29.3 Å². The summed E-state index contributed by atoms with van der Waals surface area (Å²) < 4.78 is 10.1. The van der Waals surface area contributed by atoms with E-state index in [1.807, 2.05) is 18.2 Å². The first-order valence-corrected chi connectivity index (χ1v) is 7.69. The highest BCUT2D eigenvalue weighted by molar-refractivity contribution is 5.91. The van der Waals surface area contributed by atoms with Crippen molar-refractivity contribution in [3.8, 4) is 17.2 Å². The molecular weight excluding hydrogens is 322 g/mol. The number of ether oxygens (including phenoxy) is 2. The average Bonchev–Trinajstić information content (AvgIpc) is 2.65. The summed E-state index contributed by atoms with van der Waals surface area (Å²) in [5, 5.41) is 22.5. The van der Waals surface area contributed by atoms with Crippen molar-refractivity contribution in [2.24, 2.45) is 0 Å². The summed E-state index contributed by atoms with van der Waals surface area (Å²) in [6, 6.07) is 12.3. The van der Waals surface area contributed by atoms with E-state index >= 15 is 0 Å². The number of hydrogen-bond acceptors (Lipinski definition) is 5. The van der Waals surface area contributed by atoms with Gasteiger partial charge in [0.1, 0.15) is 0 Å². The van der Waals surface area contributed by atoms with E-state index < -0.39 is 6.10 Å². The number of carbonyl (C=O) groups is 1. The maximum absolute atomic E-state index is 11.9. The fraction of sp³-hybridized carbons (Fsp3) is 0.211. The molecule has 0 bridgehead atoms. The van der Waals surface area contributed by atoms with Crippen LogP contribution in [0.15, 0.2) is 48.5 Å². The Kier molecular flexibility index (Phi) is 6.42. The van der Waals surface area contributed by atoms with Crippen LogP contribution in [-0.4, -0.2) is 36.9 Å². The van der Waals surface area contributed by atoms with Crippen molar-refractivity contribution in [1.82, 2.24) is 5.32 Å². The van der Waals surface area contributed by atoms with E-state index in [1.165, 1.54) is 20.3 Å². The van der Waals surface area contributed by atoms with Gasteiger partial charge < -0.3 is 25.0 Å². The second-order valence-electron chi connectivity index (χ2n) is 5.28. The van der Waals surface area contributed by atoms with Crippen LogP contribution in [-0.2, 0) is 4.79 Å². The molecule has 0 heterocycles. The lowest BCUT2D eigenvalue weighted by atomic mass is 10.1. The van der Waals surface area contributed by atoms with Gasteiger partial charge in [-0.25, -0.2) is 0 Å². The average molecular weight is 343 g/mol. The number of amides is 1. The number of hydrogen-bond donors (Lipinski definition) is 3. The molecule has 0 aliphatic rings. The third-order valence-electron chi connectivity index (χ3n) is 3.58. The standard InChI is InChI=1S/C19H21NO5/c1-24-16-10-13(11-17(25-2)19(16)23)8-9-18(22)20-12-15(21)14-6-4-3-5-7-14/h3-11,15,21,23H,12H2,1-2H3,(H,20,22)/b9-8+/t15-/m1/s1. The Labute approximate surface area is 146 Å². The van der Waals surface area contributed by atoms with Crippen molar-refractivity contribution < 1.29 is 24.5 Å². The summed E-state index contributed by atoms with van der Waals surface area (Å²) in [5.41, 5.74) is 1.37. The topological polar surface area (TPSA) is 88.0 Å². The predicted octanol–water partition coefficient (Wildman–Crippen LogP) is 2.27. The van der Waals surface area contributed by atoms with Crippen LogP contribution in [0.4, 0.5) is 0 Å². The maximum Gasteiger partial charge on any atom is 0.244 e. The van der Waals surface area contributed by atoms with Crippen molar-refractivity contribution in [3.05, 3.63) is 59.7 Å². The van der Waals surface area contributed by atoms with E-state index in [9.17, 15) is 15.0 Å². The van der Waals surface area contributed by atoms with E-state index in [0.29, 0.717) is 5.56 Å². The predicted molar refractivity (Wildman–Crippen MR) is 94.7 cm³/mol. The van der Waals surface area contributed by atoms with Gasteiger partial charge in [-0.2, -0.15) is 0 Å². The van der Waals surface area contributed by atoms with Crippen LogP contribution < -0.4 is 14.8 Å². The first-order valence-electron chi connectivity index (χ1n) is 7.69. The molecule has 0 aliphatic carbocycles. The number of aliphatic hydroxyl groups excluding tert-OH is 1. The molecule has 6 heteroatoms. The number of carbonyl (C=O) groups excluding carboxylic acids is 1. The lowest BCUT2D eigenvalue weighted by Crippen LogP contribution is -2.26. The third-order valence-corrected chi connectivity index (χ3v) is 3.58. The largest absolute Gasteiger partial charge is 0.502 e. The quantitative estimate of drug-likeness (QED) is 0.671. The molecule has 1 amide bonds. The van der Waals surface area contributed by atoms with Crippen molar-refractivity contribution in [1.29, 1.82) is 0 Å². The summed E-state index contributed by atoms with van der Waals surface area (Å²) in [4.78, 5) is 11.9. The molecule has 2 aromatic rings. The highest BCUT2D eigenvalue weighted by Crippen LogP contribution is 2.37. The molecule has 2 rings (SSSR count). The molecule has 0 radical (unpaired) electrons. The van der Waals surface area contributed by atoms with Crippen LogP contribution in [0.25, 0.3) is 6.08 Å². The summed E-state index contributed by atoms with van der Waals surface area (Å²) in [5.74, 6) is 0.0522. The molecule has 0 saturated carbocycles. The molecule has 6 nitrogen and oxygen atoms in total. The van der Waals surface area contributed by atoms with Crippen LogP contribution in [0.2, 0.25) is 0 Å². The number of nitrogens with one attached hydrogen (secondary N) is 1. The Balaban J connectivity index is 1.98. The van der Waals surface area contributed by atoms with Crippen LogP contribution in [0.1, 0.15) is 17.2 Å². The molecule has 2 aromatic carbocycles. The van der Waals surface area contributed by atoms with E-state index in [0.717, 1.165) is 5.56 Å². The number of methoxy groups -OCH3 is 2. The fourth-order valence-corrected chi connectivity index (χ4v) is 2.23. The van der Waals surface area contributed by atoms with Gasteiger partial charge in [-0.3, -0.25) is 4.79 Å². The molecule has 0 saturated heterocycles. The number of benzene rings is 2. The minimum absolute atomic E-state index is 0.0995. The van der Waals surface area contributed by atoms with Crippen molar-refractivity contribution in [2.45, 2.75) is 6.10 Å². The van der Waals surface area contributed by atoms with E-state index in [2.05, 4.69) is 5.32 Å². The molecule has 0 aromatic heterocycles. The van der Waals surface area contributed by atoms with Gasteiger partial charge in [0.2, 0.25) is 11.7 Å². The van der Waals surface area contributed by atoms with Crippen LogP contribution in [0.3, 0.4) is 0 Å². The molecule has 25 heavy (non-hydrogen) atoms. The number of rotatable bonds is 7. The second-order valence-corrected chi connectivity index (χ2v) is 5.28. The van der Waals surface area contributed by atoms with Crippen molar-refractivity contribution >= 4 is 12.0 Å². The Morgan fingerprint density at radius 3 is 2.32 bits per heavy atom. The zero-order valence-electron chi connectivity index (χ0n) is 14.1. The van der Waals surface area contributed by atoms with Gasteiger partial charge in [0.15, 0.2) is 11.5 Å². The fourth-order valence-electron chi connectivity index (χ4n) is 2.23. The van der Waals surface area contributed by atoms with Crippen LogP contribution in [0, 0.1) is 0 Å².